The number of carboxylic acid groups (broad SMARTS) is 1. The molecule has 1 aromatic carbocycles. The zero-order chi connectivity index (χ0) is 30.1. The van der Waals surface area contributed by atoms with E-state index in [1.54, 1.807) is 0 Å². The molecule has 3 heterocycles. The number of tetrazole rings is 1. The van der Waals surface area contributed by atoms with E-state index in [0.717, 1.165) is 32.7 Å². The molecule has 0 spiro atoms. The average Bonchev–Trinajstić information content (AvgIpc) is 3.57. The Labute approximate surface area is 239 Å². The zero-order valence-electron chi connectivity index (χ0n) is 20.0. The van der Waals surface area contributed by atoms with Crippen molar-refractivity contribution in [1.29, 1.82) is 0 Å². The van der Waals surface area contributed by atoms with Crippen molar-refractivity contribution in [3.63, 3.8) is 0 Å². The summed E-state index contributed by atoms with van der Waals surface area (Å²) < 4.78 is 80.3. The van der Waals surface area contributed by atoms with Crippen LogP contribution in [0, 0.1) is 0 Å². The smallest absolute Gasteiger partial charge is 0.416 e. The Bertz CT molecular complexity index is 1530. The first kappa shape index (κ1) is 30.1. The monoisotopic (exact) mass is 636 g/mol. The summed E-state index contributed by atoms with van der Waals surface area (Å²) in [6, 6.07) is 2.62. The third-order valence-electron chi connectivity index (χ3n) is 5.32. The molecule has 1 aliphatic heterocycles. The van der Waals surface area contributed by atoms with Crippen LogP contribution in [-0.4, -0.2) is 58.9 Å². The van der Waals surface area contributed by atoms with Gasteiger partial charge in [0.05, 0.1) is 16.0 Å². The number of aromatic nitrogens is 4. The maximum absolute atomic E-state index is 13.2. The quantitative estimate of drug-likeness (QED) is 0.204. The highest BCUT2D eigenvalue weighted by molar-refractivity contribution is 8.26. The van der Waals surface area contributed by atoms with Crippen LogP contribution in [0.25, 0.3) is 17.2 Å². The van der Waals surface area contributed by atoms with Gasteiger partial charge in [0.25, 0.3) is 5.91 Å². The Morgan fingerprint density at radius 1 is 1.05 bits per heavy atom. The number of amides is 2. The lowest BCUT2D eigenvalue weighted by Gasteiger charge is -2.13. The number of benzene rings is 1. The standard InChI is InChI=1S/C22H14F6N6O4S3/c23-21(24,25)12-3-10(4-13(6-12)22(26,27)28)11-5-14(40-9-11)7-15-18(38)33(20(39)41-15)2-1-16(35)29-19-30-31-32-34(19)8-17(36)37/h3-7,9H,1-2,8H2,(H,36,37)(H,29,30,32,35)/b15-7-. The maximum atomic E-state index is 13.2. The van der Waals surface area contributed by atoms with E-state index in [1.807, 2.05) is 0 Å². The van der Waals surface area contributed by atoms with Crippen LogP contribution in [0.1, 0.15) is 22.4 Å². The second-order valence-corrected chi connectivity index (χ2v) is 10.8. The summed E-state index contributed by atoms with van der Waals surface area (Å²) in [7, 11) is 0. The predicted molar refractivity (Wildman–Crippen MR) is 138 cm³/mol. The van der Waals surface area contributed by atoms with Crippen LogP contribution in [-0.2, 0) is 33.3 Å². The fourth-order valence-electron chi connectivity index (χ4n) is 3.45. The van der Waals surface area contributed by atoms with E-state index >= 15 is 0 Å². The Kier molecular flexibility index (Phi) is 8.50. The minimum Gasteiger partial charge on any atom is -0.480 e. The van der Waals surface area contributed by atoms with Crippen LogP contribution in [0.4, 0.5) is 32.3 Å². The number of carboxylic acids is 1. The number of carbonyl (C=O) groups excluding carboxylic acids is 2. The lowest BCUT2D eigenvalue weighted by Crippen LogP contribution is -2.31. The molecule has 19 heteroatoms. The molecular weight excluding hydrogens is 622 g/mol. The molecule has 2 amide bonds. The van der Waals surface area contributed by atoms with Gasteiger partial charge in [-0.15, -0.1) is 11.3 Å². The summed E-state index contributed by atoms with van der Waals surface area (Å²) in [5, 5.41) is 22.8. The summed E-state index contributed by atoms with van der Waals surface area (Å²) in [4.78, 5) is 37.7. The number of nitrogens with zero attached hydrogens (tertiary/aromatic N) is 5. The van der Waals surface area contributed by atoms with Crippen LogP contribution in [0.3, 0.4) is 0 Å². The maximum Gasteiger partial charge on any atom is 0.416 e. The molecule has 1 fully saturated rings. The third-order valence-corrected chi connectivity index (χ3v) is 7.58. The van der Waals surface area contributed by atoms with Gasteiger partial charge in [-0.1, -0.05) is 29.1 Å². The molecule has 4 rings (SSSR count). The molecule has 0 unspecified atom stereocenters. The highest BCUT2D eigenvalue weighted by Crippen LogP contribution is 2.40. The first-order valence-corrected chi connectivity index (χ1v) is 13.1. The van der Waals surface area contributed by atoms with E-state index in [0.29, 0.717) is 17.0 Å². The molecule has 41 heavy (non-hydrogen) atoms. The van der Waals surface area contributed by atoms with Gasteiger partial charge in [0.2, 0.25) is 11.9 Å². The molecule has 2 N–H and O–H groups in total. The molecule has 2 aromatic heterocycles. The second-order valence-electron chi connectivity index (χ2n) is 8.22. The first-order chi connectivity index (χ1) is 19.1. The normalized spacial score (nSPS) is 15.2. The summed E-state index contributed by atoms with van der Waals surface area (Å²) in [5.74, 6) is -2.64. The van der Waals surface area contributed by atoms with Crippen molar-refractivity contribution in [2.75, 3.05) is 11.9 Å². The number of thioether (sulfide) groups is 1. The van der Waals surface area contributed by atoms with Crippen molar-refractivity contribution in [1.82, 2.24) is 25.1 Å². The number of thiophene rings is 1. The second kappa shape index (κ2) is 11.6. The van der Waals surface area contributed by atoms with E-state index in [2.05, 4.69) is 20.8 Å². The highest BCUT2D eigenvalue weighted by Gasteiger charge is 2.37. The molecule has 1 aliphatic rings. The number of carbonyl (C=O) groups is 3. The van der Waals surface area contributed by atoms with E-state index < -0.39 is 47.8 Å². The molecule has 216 valence electrons. The SMILES string of the molecule is O=C(O)Cn1nnnc1NC(=O)CCN1C(=O)/C(=C/c2cc(-c3cc(C(F)(F)F)cc(C(F)(F)F)c3)cs2)SC1=S. The molecule has 1 saturated heterocycles. The Morgan fingerprint density at radius 2 is 1.71 bits per heavy atom. The number of aliphatic carboxylic acids is 1. The number of halogens is 6. The summed E-state index contributed by atoms with van der Waals surface area (Å²) >= 11 is 7.11. The number of thiocarbonyl (C=S) groups is 1. The molecule has 0 radical (unpaired) electrons. The highest BCUT2D eigenvalue weighted by atomic mass is 32.2. The van der Waals surface area contributed by atoms with Gasteiger partial charge in [-0.25, -0.2) is 4.68 Å². The van der Waals surface area contributed by atoms with Crippen LogP contribution in [0.5, 0.6) is 0 Å². The number of hydrogen-bond donors (Lipinski definition) is 2. The van der Waals surface area contributed by atoms with Crippen LogP contribution < -0.4 is 5.32 Å². The lowest BCUT2D eigenvalue weighted by molar-refractivity contribution is -0.143. The van der Waals surface area contributed by atoms with Gasteiger partial charge in [0, 0.05) is 17.8 Å². The van der Waals surface area contributed by atoms with E-state index in [1.165, 1.54) is 17.5 Å². The summed E-state index contributed by atoms with van der Waals surface area (Å²) in [6.07, 6.45) is -8.84. The topological polar surface area (TPSA) is 130 Å². The van der Waals surface area contributed by atoms with Crippen molar-refractivity contribution < 1.29 is 45.8 Å². The van der Waals surface area contributed by atoms with Gasteiger partial charge in [-0.3, -0.25) is 24.6 Å². The van der Waals surface area contributed by atoms with Crippen LogP contribution >= 0.6 is 35.3 Å². The van der Waals surface area contributed by atoms with Gasteiger partial charge in [-0.05, 0) is 57.3 Å². The van der Waals surface area contributed by atoms with Crippen molar-refractivity contribution in [2.45, 2.75) is 25.3 Å². The minimum absolute atomic E-state index is 0.0420. The third kappa shape index (κ3) is 7.27. The molecule has 0 bridgehead atoms. The largest absolute Gasteiger partial charge is 0.480 e. The number of rotatable bonds is 8. The van der Waals surface area contributed by atoms with Crippen LogP contribution in [0.2, 0.25) is 0 Å². The minimum atomic E-state index is -4.99. The van der Waals surface area contributed by atoms with Gasteiger partial charge in [0.15, 0.2) is 0 Å². The fraction of sp³-hybridized carbons (Fsp3) is 0.227. The molecule has 10 nitrogen and oxygen atoms in total. The number of anilines is 1. The van der Waals surface area contributed by atoms with E-state index in [-0.39, 0.29) is 45.3 Å². The van der Waals surface area contributed by atoms with Crippen molar-refractivity contribution >= 4 is 69.4 Å². The molecule has 0 saturated carbocycles. The van der Waals surface area contributed by atoms with E-state index in [4.69, 9.17) is 17.3 Å². The van der Waals surface area contributed by atoms with E-state index in [9.17, 15) is 40.7 Å². The molecule has 3 aromatic rings. The van der Waals surface area contributed by atoms with Crippen molar-refractivity contribution in [3.8, 4) is 11.1 Å². The molecule has 0 atom stereocenters. The zero-order valence-corrected chi connectivity index (χ0v) is 22.4. The average molecular weight is 637 g/mol. The first-order valence-electron chi connectivity index (χ1n) is 11.0. The Hall–Kier alpha value is -3.84. The predicted octanol–water partition coefficient (Wildman–Crippen LogP) is 4.75. The number of nitrogens with one attached hydrogen (secondary N) is 1. The number of hydrogen-bond acceptors (Lipinski definition) is 9. The number of alkyl halides is 6. The van der Waals surface area contributed by atoms with Gasteiger partial charge in [0.1, 0.15) is 10.9 Å². The van der Waals surface area contributed by atoms with Gasteiger partial charge >= 0.3 is 18.3 Å². The fourth-order valence-corrected chi connectivity index (χ4v) is 5.67. The summed E-state index contributed by atoms with van der Waals surface area (Å²) in [5.41, 5.74) is -3.09. The molecular formula is C22H14F6N6O4S3. The van der Waals surface area contributed by atoms with Crippen molar-refractivity contribution in [2.24, 2.45) is 0 Å². The Balaban J connectivity index is 1.46. The van der Waals surface area contributed by atoms with Gasteiger partial charge in [-0.2, -0.15) is 26.3 Å². The molecule has 0 aliphatic carbocycles. The summed E-state index contributed by atoms with van der Waals surface area (Å²) in [6.45, 7) is -0.738. The lowest BCUT2D eigenvalue weighted by atomic mass is 10.0. The Morgan fingerprint density at radius 3 is 2.32 bits per heavy atom. The van der Waals surface area contributed by atoms with Gasteiger partial charge < -0.3 is 5.11 Å². The van der Waals surface area contributed by atoms with Crippen molar-refractivity contribution in [3.05, 3.63) is 50.6 Å². The van der Waals surface area contributed by atoms with Crippen LogP contribution in [0.15, 0.2) is 34.6 Å².